The lowest BCUT2D eigenvalue weighted by Gasteiger charge is -2.41. The van der Waals surface area contributed by atoms with Crippen LogP contribution in [0.5, 0.6) is 5.75 Å². The molecule has 40 heavy (non-hydrogen) atoms. The molecule has 2 N–H and O–H groups in total. The molecule has 9 heteroatoms. The molecular weight excluding hydrogens is 525 g/mol. The molecule has 0 amide bonds. The summed E-state index contributed by atoms with van der Waals surface area (Å²) in [5, 5.41) is 22.4. The van der Waals surface area contributed by atoms with Crippen molar-refractivity contribution >= 4 is 23.1 Å². The Morgan fingerprint density at radius 2 is 1.75 bits per heavy atom. The molecule has 0 aliphatic heterocycles. The van der Waals surface area contributed by atoms with Crippen LogP contribution < -0.4 is 4.74 Å². The van der Waals surface area contributed by atoms with Gasteiger partial charge in [0, 0.05) is 12.0 Å². The van der Waals surface area contributed by atoms with Crippen molar-refractivity contribution in [1.82, 2.24) is 0 Å². The molecule has 0 saturated heterocycles. The number of aliphatic hydroxyl groups excluding tert-OH is 2. The number of ketones is 3. The first-order valence-corrected chi connectivity index (χ1v) is 13.3. The molecule has 0 spiro atoms. The number of hydrogen-bond acceptors (Lipinski definition) is 6. The van der Waals surface area contributed by atoms with Crippen LogP contribution in [0.25, 0.3) is 16.9 Å². The van der Waals surface area contributed by atoms with Gasteiger partial charge in [-0.3, -0.25) is 14.4 Å². The Balaban J connectivity index is 1.65. The molecule has 1 fully saturated rings. The lowest BCUT2D eigenvalue weighted by atomic mass is 9.61. The highest BCUT2D eigenvalue weighted by Crippen LogP contribution is 2.51. The van der Waals surface area contributed by atoms with Gasteiger partial charge in [0.2, 0.25) is 0 Å². The summed E-state index contributed by atoms with van der Waals surface area (Å²) in [7, 11) is 0. The molecule has 5 rings (SSSR count). The van der Waals surface area contributed by atoms with Gasteiger partial charge in [-0.1, -0.05) is 31.5 Å². The second kappa shape index (κ2) is 10.3. The predicted octanol–water partition coefficient (Wildman–Crippen LogP) is 6.57. The molecule has 2 aromatic carbocycles. The number of hydrogen-bond donors (Lipinski definition) is 2. The number of alkyl halides is 3. The van der Waals surface area contributed by atoms with Crippen molar-refractivity contribution in [3.8, 4) is 16.9 Å². The molecule has 0 aromatic heterocycles. The second-order valence-electron chi connectivity index (χ2n) is 10.7. The fourth-order valence-corrected chi connectivity index (χ4v) is 6.30. The van der Waals surface area contributed by atoms with Crippen LogP contribution in [0.2, 0.25) is 0 Å². The maximum absolute atomic E-state index is 13.8. The summed E-state index contributed by atoms with van der Waals surface area (Å²) in [5.74, 6) is -4.28. The summed E-state index contributed by atoms with van der Waals surface area (Å²) in [6.45, 7) is 3.52. The van der Waals surface area contributed by atoms with Gasteiger partial charge in [0.25, 0.3) is 0 Å². The number of halogens is 3. The number of fused-ring (bicyclic) bond motifs is 3. The number of rotatable bonds is 6. The molecule has 0 radical (unpaired) electrons. The van der Waals surface area contributed by atoms with Crippen LogP contribution in [-0.4, -0.2) is 34.2 Å². The maximum atomic E-state index is 13.8. The molecule has 210 valence electrons. The monoisotopic (exact) mass is 554 g/mol. The zero-order valence-electron chi connectivity index (χ0n) is 22.1. The average Bonchev–Trinajstić information content (AvgIpc) is 2.87. The Bertz CT molecular complexity index is 1470. The number of carbonyl (C=O) groups is 3. The second-order valence-corrected chi connectivity index (χ2v) is 10.7. The van der Waals surface area contributed by atoms with Crippen molar-refractivity contribution in [3.63, 3.8) is 0 Å². The first-order chi connectivity index (χ1) is 18.9. The van der Waals surface area contributed by atoms with Crippen molar-refractivity contribution in [1.29, 1.82) is 0 Å². The number of unbranched alkanes of at least 4 members (excludes halogenated alkanes) is 1. The van der Waals surface area contributed by atoms with Gasteiger partial charge in [0.1, 0.15) is 17.3 Å². The van der Waals surface area contributed by atoms with Gasteiger partial charge >= 0.3 is 6.18 Å². The first kappa shape index (κ1) is 27.7. The molecule has 3 aliphatic carbocycles. The minimum absolute atomic E-state index is 0.0707. The van der Waals surface area contributed by atoms with E-state index < -0.39 is 52.6 Å². The molecule has 3 unspecified atom stereocenters. The Kier molecular flexibility index (Phi) is 7.10. The van der Waals surface area contributed by atoms with Crippen LogP contribution in [0, 0.1) is 17.8 Å². The van der Waals surface area contributed by atoms with E-state index in [1.165, 1.54) is 12.1 Å². The van der Waals surface area contributed by atoms with E-state index in [2.05, 4.69) is 0 Å². The van der Waals surface area contributed by atoms with Crippen LogP contribution in [0.4, 0.5) is 13.2 Å². The molecule has 6 nitrogen and oxygen atoms in total. The van der Waals surface area contributed by atoms with E-state index in [4.69, 9.17) is 4.74 Å². The highest BCUT2D eigenvalue weighted by molar-refractivity contribution is 6.22. The van der Waals surface area contributed by atoms with Crippen molar-refractivity contribution in [2.45, 2.75) is 52.1 Å². The molecular formula is C31H29F3O6. The standard InChI is InChI=1S/C31H29F3O6/c1-3-4-11-40-23-10-9-20(16-5-7-19(8-6-16)31(32,33)34)21-13-17-12-18-14-22(36)24(15(2)35)28(37)26(18)29(38)25(17)30(39)27(21)23/h5-10,17-18,26,37,39H,3-4,11-14H2,1-2H3. The fourth-order valence-electron chi connectivity index (χ4n) is 6.30. The summed E-state index contributed by atoms with van der Waals surface area (Å²) in [6.07, 6.45) is -2.35. The van der Waals surface area contributed by atoms with Crippen LogP contribution in [0.15, 0.2) is 53.3 Å². The van der Waals surface area contributed by atoms with Gasteiger partial charge in [-0.15, -0.1) is 0 Å². The lowest BCUT2D eigenvalue weighted by Crippen LogP contribution is -2.43. The fraction of sp³-hybridized carbons (Fsp3) is 0.387. The third-order valence-corrected chi connectivity index (χ3v) is 8.14. The Morgan fingerprint density at radius 1 is 1.05 bits per heavy atom. The predicted molar refractivity (Wildman–Crippen MR) is 141 cm³/mol. The zero-order valence-corrected chi connectivity index (χ0v) is 22.1. The van der Waals surface area contributed by atoms with E-state index >= 15 is 0 Å². The normalized spacial score (nSPS) is 22.6. The lowest BCUT2D eigenvalue weighted by molar-refractivity contribution is -0.137. The number of benzene rings is 2. The van der Waals surface area contributed by atoms with Crippen LogP contribution in [-0.2, 0) is 27.0 Å². The van der Waals surface area contributed by atoms with Gasteiger partial charge in [0.15, 0.2) is 17.3 Å². The molecule has 1 saturated carbocycles. The maximum Gasteiger partial charge on any atom is 0.416 e. The van der Waals surface area contributed by atoms with E-state index in [0.29, 0.717) is 41.0 Å². The highest BCUT2D eigenvalue weighted by Gasteiger charge is 2.50. The quantitative estimate of drug-likeness (QED) is 0.309. The Hall–Kier alpha value is -3.88. The largest absolute Gasteiger partial charge is 0.511 e. The van der Waals surface area contributed by atoms with E-state index in [9.17, 15) is 37.8 Å². The van der Waals surface area contributed by atoms with Gasteiger partial charge in [-0.25, -0.2) is 0 Å². The Morgan fingerprint density at radius 3 is 2.38 bits per heavy atom. The number of carbonyl (C=O) groups excluding carboxylic acids is 3. The molecule has 0 bridgehead atoms. The van der Waals surface area contributed by atoms with E-state index in [1.54, 1.807) is 12.1 Å². The van der Waals surface area contributed by atoms with E-state index in [1.807, 2.05) is 6.92 Å². The SMILES string of the molecule is CCCCOc1ccc(-c2ccc(C(F)(F)F)cc2)c2c1C(O)=C1C(=O)C3C(O)=C(C(C)=O)C(=O)CC3CC1C2. The topological polar surface area (TPSA) is 101 Å². The summed E-state index contributed by atoms with van der Waals surface area (Å²) in [6, 6.07) is 8.13. The first-order valence-electron chi connectivity index (χ1n) is 13.3. The molecule has 0 heterocycles. The number of allylic oxidation sites excluding steroid dienone is 3. The summed E-state index contributed by atoms with van der Waals surface area (Å²) in [4.78, 5) is 38.4. The van der Waals surface area contributed by atoms with Crippen LogP contribution in [0.1, 0.15) is 56.2 Å². The third kappa shape index (κ3) is 4.61. The number of Topliss-reactive ketones (excluding diaryl/α,β-unsaturated/α-hetero) is 3. The number of aliphatic hydroxyl groups is 2. The average molecular weight is 555 g/mol. The number of ether oxygens (including phenoxy) is 1. The highest BCUT2D eigenvalue weighted by atomic mass is 19.4. The summed E-state index contributed by atoms with van der Waals surface area (Å²) >= 11 is 0. The van der Waals surface area contributed by atoms with Crippen molar-refractivity contribution in [2.24, 2.45) is 17.8 Å². The minimum atomic E-state index is -4.48. The smallest absolute Gasteiger partial charge is 0.416 e. The van der Waals surface area contributed by atoms with Crippen LogP contribution >= 0.6 is 0 Å². The van der Waals surface area contributed by atoms with Crippen molar-refractivity contribution in [3.05, 3.63) is 70.0 Å². The summed E-state index contributed by atoms with van der Waals surface area (Å²) in [5.41, 5.74) is 1.03. The van der Waals surface area contributed by atoms with Gasteiger partial charge < -0.3 is 14.9 Å². The molecule has 2 aromatic rings. The molecule has 3 aliphatic rings. The van der Waals surface area contributed by atoms with E-state index in [0.717, 1.165) is 31.9 Å². The van der Waals surface area contributed by atoms with Gasteiger partial charge in [-0.2, -0.15) is 13.2 Å². The minimum Gasteiger partial charge on any atom is -0.511 e. The Labute approximate surface area is 229 Å². The van der Waals surface area contributed by atoms with E-state index in [-0.39, 0.29) is 29.7 Å². The summed E-state index contributed by atoms with van der Waals surface area (Å²) < 4.78 is 45.5. The van der Waals surface area contributed by atoms with Gasteiger partial charge in [-0.05, 0) is 72.9 Å². The van der Waals surface area contributed by atoms with Crippen molar-refractivity contribution in [2.75, 3.05) is 6.61 Å². The van der Waals surface area contributed by atoms with Gasteiger partial charge in [0.05, 0.1) is 29.2 Å². The molecule has 3 atom stereocenters. The third-order valence-electron chi connectivity index (χ3n) is 8.14. The van der Waals surface area contributed by atoms with Crippen molar-refractivity contribution < 1.29 is 42.5 Å². The van der Waals surface area contributed by atoms with Crippen LogP contribution in [0.3, 0.4) is 0 Å². The zero-order chi connectivity index (χ0) is 28.9.